The molecule has 0 aliphatic rings. The molecular weight excluding hydrogens is 516 g/mol. The Balaban J connectivity index is -0.0000000606. The Morgan fingerprint density at radius 1 is 1.04 bits per heavy atom. The van der Waals surface area contributed by atoms with Gasteiger partial charge >= 0.3 is 63.7 Å². The van der Waals surface area contributed by atoms with Gasteiger partial charge in [0.25, 0.3) is 0 Å². The number of halogens is 10. The predicted octanol–water partition coefficient (Wildman–Crippen LogP) is 3.43. The number of allylic oxidation sites excluding steroid dienone is 1. The predicted molar refractivity (Wildman–Crippen MR) is 84.6 cm³/mol. The van der Waals surface area contributed by atoms with Crippen LogP contribution in [0, 0.1) is 0 Å². The Kier molecular flexibility index (Phi) is 22.1. The Morgan fingerprint density at radius 3 is 1.46 bits per heavy atom. The van der Waals surface area contributed by atoms with Crippen LogP contribution in [0.2, 0.25) is 0 Å². The van der Waals surface area contributed by atoms with E-state index in [4.69, 9.17) is 1.28 Å². The van der Waals surface area contributed by atoms with Crippen LogP contribution < -0.4 is 51.4 Å². The van der Waals surface area contributed by atoms with Crippen molar-refractivity contribution in [3.8, 4) is 0 Å². The zero-order chi connectivity index (χ0) is 19.5. The van der Waals surface area contributed by atoms with Crippen LogP contribution in [0.4, 0.5) is 39.5 Å². The molecular formula is C11H20F9IKOP. The molecule has 0 aliphatic carbocycles. The van der Waals surface area contributed by atoms with Gasteiger partial charge in [-0.2, -0.15) is 26.3 Å². The minimum absolute atomic E-state index is 0. The van der Waals surface area contributed by atoms with Gasteiger partial charge in [0.05, 0.1) is 7.61 Å². The number of alkyl halides is 9. The van der Waals surface area contributed by atoms with E-state index in [9.17, 15) is 39.5 Å². The van der Waals surface area contributed by atoms with Crippen molar-refractivity contribution in [1.82, 2.24) is 0 Å². The molecule has 3 atom stereocenters. The molecule has 146 valence electrons. The molecule has 13 heteroatoms. The van der Waals surface area contributed by atoms with Crippen LogP contribution in [0.15, 0.2) is 12.4 Å². The van der Waals surface area contributed by atoms with Crippen LogP contribution in [0.1, 0.15) is 21.7 Å². The number of hydrogen-bond donors (Lipinski definition) is 0. The molecule has 0 saturated carbocycles. The molecule has 0 saturated heterocycles. The minimum Gasteiger partial charge on any atom is -0.870 e. The van der Waals surface area contributed by atoms with E-state index < -0.39 is 36.4 Å². The molecule has 0 aliphatic heterocycles. The van der Waals surface area contributed by atoms with Crippen molar-refractivity contribution in [2.45, 2.75) is 44.0 Å². The van der Waals surface area contributed by atoms with Crippen LogP contribution in [0.5, 0.6) is 0 Å². The number of hydrogen-bond acceptors (Lipinski definition) is 1. The molecule has 0 rings (SSSR count). The van der Waals surface area contributed by atoms with Crippen molar-refractivity contribution in [3.63, 3.8) is 0 Å². The Labute approximate surface area is 196 Å². The van der Waals surface area contributed by atoms with Gasteiger partial charge in [0.2, 0.25) is 11.3 Å². The second-order valence-electron chi connectivity index (χ2n) is 4.00. The maximum atomic E-state index is 12.5. The van der Waals surface area contributed by atoms with Gasteiger partial charge in [-0.15, -0.1) is 9.18 Å². The molecule has 0 amide bonds. The summed E-state index contributed by atoms with van der Waals surface area (Å²) in [7, 11) is 0.333. The summed E-state index contributed by atoms with van der Waals surface area (Å²) in [6, 6.07) is 0. The third-order valence-corrected chi connectivity index (χ3v) is 2.62. The summed E-state index contributed by atoms with van der Waals surface area (Å²) in [5.74, 6) is 0. The Bertz CT molecular complexity index is 343. The zero-order valence-electron chi connectivity index (χ0n) is 14.3. The van der Waals surface area contributed by atoms with Gasteiger partial charge in [0, 0.05) is 5.85 Å². The molecule has 1 nitrogen and oxygen atoms in total. The first-order valence-corrected chi connectivity index (χ1v) is 8.00. The van der Waals surface area contributed by atoms with Crippen molar-refractivity contribution >= 4 is 31.8 Å². The van der Waals surface area contributed by atoms with Gasteiger partial charge in [-0.3, -0.25) is 0 Å². The third-order valence-electron chi connectivity index (χ3n) is 2.09. The van der Waals surface area contributed by atoms with Crippen molar-refractivity contribution in [2.24, 2.45) is 0 Å². The van der Waals surface area contributed by atoms with E-state index in [2.05, 4.69) is 0 Å². The standard InChI is InChI=1S/C5H5F5.C5H7F4I.CH5P.K.H2O.H2/c1-4(7,2-3-6)5(8,9)10;1-4(6,2-3-10)5(7,8)9;1-2;;;/h2-3H,1H3;2-3H2,1H3;2H2,1H3;;1H2;1H/q;;;+1;;/p-1/b3-2-;;;;;/i;;2T;;;1+1. The van der Waals surface area contributed by atoms with E-state index in [1.54, 1.807) is 22.6 Å². The fourth-order valence-electron chi connectivity index (χ4n) is 0.532. The van der Waals surface area contributed by atoms with Gasteiger partial charge in [0.1, 0.15) is 0 Å². The largest absolute Gasteiger partial charge is 1.00 e. The summed E-state index contributed by atoms with van der Waals surface area (Å²) in [5, 5.41) is 0. The molecule has 0 aromatic carbocycles. The van der Waals surface area contributed by atoms with Gasteiger partial charge in [0.15, 0.2) is 0 Å². The van der Waals surface area contributed by atoms with E-state index in [1.165, 1.54) is 0 Å². The summed E-state index contributed by atoms with van der Waals surface area (Å²) in [6.07, 6.45) is -10.9. The van der Waals surface area contributed by atoms with Crippen LogP contribution in [0.25, 0.3) is 0 Å². The quantitative estimate of drug-likeness (QED) is 0.178. The first-order valence-electron chi connectivity index (χ1n) is 5.97. The fraction of sp³-hybridized carbons (Fsp3) is 0.818. The molecule has 0 spiro atoms. The summed E-state index contributed by atoms with van der Waals surface area (Å²) in [6.45, 7) is 2.62. The second kappa shape index (κ2) is 15.9. The van der Waals surface area contributed by atoms with Gasteiger partial charge in [-0.05, 0) is 26.3 Å². The van der Waals surface area contributed by atoms with E-state index in [1.807, 2.05) is 6.66 Å². The van der Waals surface area contributed by atoms with Gasteiger partial charge in [-0.1, -0.05) is 29.3 Å². The fourth-order valence-corrected chi connectivity index (χ4v) is 1.54. The van der Waals surface area contributed by atoms with E-state index in [-0.39, 0.29) is 75.7 Å². The molecule has 0 aromatic rings. The second-order valence-corrected chi connectivity index (χ2v) is 5.08. The average molecular weight is 539 g/mol. The molecule has 0 radical (unpaired) electrons. The van der Waals surface area contributed by atoms with Crippen molar-refractivity contribution in [3.05, 3.63) is 12.4 Å². The van der Waals surface area contributed by atoms with Crippen molar-refractivity contribution in [2.75, 3.05) is 11.1 Å². The van der Waals surface area contributed by atoms with E-state index in [0.29, 0.717) is 16.1 Å². The third kappa shape index (κ3) is 16.1. The van der Waals surface area contributed by atoms with Crippen molar-refractivity contribution < 1.29 is 97.8 Å². The summed E-state index contributed by atoms with van der Waals surface area (Å²) in [5.41, 5.74) is -6.59. The monoisotopic (exact) mass is 539 g/mol. The normalized spacial score (nSPS) is 17.1. The smallest absolute Gasteiger partial charge is 0.870 e. The van der Waals surface area contributed by atoms with Crippen molar-refractivity contribution in [1.29, 1.82) is 1.28 Å². The number of rotatable bonds is 3. The molecule has 0 aromatic heterocycles. The Morgan fingerprint density at radius 2 is 1.38 bits per heavy atom. The minimum atomic E-state index is -5.05. The van der Waals surface area contributed by atoms with Crippen LogP contribution in [-0.2, 0) is 0 Å². The summed E-state index contributed by atoms with van der Waals surface area (Å²) in [4.78, 5) is 0. The maximum absolute atomic E-state index is 12.5. The molecule has 3 unspecified atom stereocenters. The van der Waals surface area contributed by atoms with Crippen LogP contribution >= 0.6 is 31.8 Å². The maximum Gasteiger partial charge on any atom is 1.00 e. The molecule has 0 heterocycles. The molecule has 24 heavy (non-hydrogen) atoms. The molecule has 1 N–H and O–H groups in total. The molecule has 0 fully saturated rings. The van der Waals surface area contributed by atoms with Crippen LogP contribution in [-0.4, -0.2) is 41.5 Å². The van der Waals surface area contributed by atoms with Gasteiger partial charge in [-0.25, -0.2) is 13.2 Å². The van der Waals surface area contributed by atoms with E-state index >= 15 is 0 Å². The van der Waals surface area contributed by atoms with E-state index in [0.717, 1.165) is 0 Å². The summed E-state index contributed by atoms with van der Waals surface area (Å²) < 4.78 is 111. The first kappa shape index (κ1) is 33.5. The topological polar surface area (TPSA) is 30.0 Å². The zero-order valence-corrected chi connectivity index (χ0v) is 19.6. The summed E-state index contributed by atoms with van der Waals surface area (Å²) >= 11 is 1.71. The van der Waals surface area contributed by atoms with Gasteiger partial charge < -0.3 is 5.48 Å². The SMILES string of the molecule is CC(F)(/C=C\F)C(F)(F)F.CC(F)(CCI)C(F)(F)F.[2HH].[3H]PC.[K+].[OH-]. The van der Waals surface area contributed by atoms with Crippen LogP contribution in [0.3, 0.4) is 0 Å². The average Bonchev–Trinajstić information content (AvgIpc) is 2.27. The first-order chi connectivity index (χ1) is 10.0. The Hall–Kier alpha value is 1.87. The molecule has 0 bridgehead atoms.